The number of carbonyl (C=O) groups excluding carboxylic acids is 1. The molecule has 0 aliphatic heterocycles. The van der Waals surface area contributed by atoms with E-state index >= 15 is 0 Å². The number of β-amino-alcohol motifs (C(OH)–C–C–N with tert-alkyl or cyclic N) is 1. The van der Waals surface area contributed by atoms with Crippen LogP contribution in [0, 0.1) is 68.0 Å². The lowest BCUT2D eigenvalue weighted by Crippen LogP contribution is -2.68. The number of aliphatic hydroxyl groups excluding tert-OH is 1. The summed E-state index contributed by atoms with van der Waals surface area (Å²) >= 11 is 0. The molecule has 1 heterocycles. The second kappa shape index (κ2) is 16.1. The first-order chi connectivity index (χ1) is 28.4. The summed E-state index contributed by atoms with van der Waals surface area (Å²) in [5.41, 5.74) is 4.83. The average Bonchev–Trinajstić information content (AvgIpc) is 3.59. The van der Waals surface area contributed by atoms with Gasteiger partial charge in [-0.1, -0.05) is 79.7 Å². The fourth-order valence-electron chi connectivity index (χ4n) is 15.0. The van der Waals surface area contributed by atoms with E-state index in [1.807, 2.05) is 0 Å². The van der Waals surface area contributed by atoms with Crippen molar-refractivity contribution in [3.8, 4) is 11.9 Å². The Bertz CT molecular complexity index is 1970. The zero-order valence-electron chi connectivity index (χ0n) is 40.2. The van der Waals surface area contributed by atoms with Crippen LogP contribution < -0.4 is 10.1 Å². The number of nitrogens with one attached hydrogen (secondary N) is 1. The predicted octanol–water partition coefficient (Wildman–Crippen LogP) is 11.9. The molecule has 61 heavy (non-hydrogen) atoms. The van der Waals surface area contributed by atoms with Crippen LogP contribution in [0.5, 0.6) is 5.88 Å². The Morgan fingerprint density at radius 1 is 1.00 bits per heavy atom. The number of Topliss-reactive ketones (excluding diaryl/α,β-unsaturated/α-hetero) is 1. The fourth-order valence-corrected chi connectivity index (χ4v) is 16.0. The summed E-state index contributed by atoms with van der Waals surface area (Å²) in [6.45, 7) is 34.4. The molecular weight excluding hydrogens is 771 g/mol. The van der Waals surface area contributed by atoms with Crippen molar-refractivity contribution in [2.24, 2.45) is 56.7 Å². The van der Waals surface area contributed by atoms with Gasteiger partial charge in [0.15, 0.2) is 8.32 Å². The van der Waals surface area contributed by atoms with Crippen molar-refractivity contribution < 1.29 is 19.1 Å². The normalized spacial score (nSPS) is 38.7. The topological polar surface area (TPSA) is 104 Å². The smallest absolute Gasteiger partial charge is 0.231 e. The van der Waals surface area contributed by atoms with E-state index in [1.165, 1.54) is 68.1 Å². The van der Waals surface area contributed by atoms with E-state index in [0.29, 0.717) is 60.6 Å². The maximum absolute atomic E-state index is 13.3. The Hall–Kier alpha value is -2.57. The summed E-state index contributed by atoms with van der Waals surface area (Å²) in [6, 6.07) is 5.62. The molecule has 7 nitrogen and oxygen atoms in total. The van der Waals surface area contributed by atoms with Crippen LogP contribution in [0.15, 0.2) is 53.8 Å². The first-order valence-corrected chi connectivity index (χ1v) is 26.9. The number of aromatic nitrogens is 1. The Kier molecular flexibility index (Phi) is 12.3. The van der Waals surface area contributed by atoms with E-state index in [-0.39, 0.29) is 44.6 Å². The lowest BCUT2D eigenvalue weighted by molar-refractivity contribution is -0.221. The number of rotatable bonds is 12. The van der Waals surface area contributed by atoms with Crippen molar-refractivity contribution in [3.05, 3.63) is 59.3 Å². The molecule has 6 aliphatic rings. The minimum absolute atomic E-state index is 0.0254. The summed E-state index contributed by atoms with van der Waals surface area (Å²) in [5, 5.41) is 25.2. The van der Waals surface area contributed by atoms with Gasteiger partial charge < -0.3 is 19.6 Å². The maximum atomic E-state index is 13.3. The number of nitrogens with zero attached hydrogens (tertiary/aromatic N) is 2. The maximum Gasteiger partial charge on any atom is 0.231 e. The van der Waals surface area contributed by atoms with E-state index < -0.39 is 19.8 Å². The van der Waals surface area contributed by atoms with Crippen LogP contribution in [0.4, 0.5) is 0 Å². The van der Waals surface area contributed by atoms with Crippen LogP contribution in [0.2, 0.25) is 18.1 Å². The third-order valence-electron chi connectivity index (χ3n) is 19.9. The minimum Gasteiger partial charge on any atom is -0.476 e. The lowest BCUT2D eigenvalue weighted by Gasteiger charge is -2.72. The van der Waals surface area contributed by atoms with Crippen molar-refractivity contribution in [1.82, 2.24) is 10.3 Å². The van der Waals surface area contributed by atoms with Gasteiger partial charge in [0.25, 0.3) is 0 Å². The molecule has 336 valence electrons. The molecule has 0 amide bonds. The molecule has 11 atom stereocenters. The molecule has 0 bridgehead atoms. The second-order valence-corrected chi connectivity index (χ2v) is 28.8. The molecule has 8 heteroatoms. The highest BCUT2D eigenvalue weighted by molar-refractivity contribution is 6.74. The molecule has 4 saturated carbocycles. The number of carbonyl (C=O) groups is 1. The van der Waals surface area contributed by atoms with Crippen molar-refractivity contribution in [2.45, 2.75) is 176 Å². The van der Waals surface area contributed by atoms with Crippen molar-refractivity contribution in [1.29, 1.82) is 5.26 Å². The van der Waals surface area contributed by atoms with Crippen molar-refractivity contribution >= 4 is 14.1 Å². The number of nitriles is 1. The third kappa shape index (κ3) is 7.59. The number of ether oxygens (including phenoxy) is 1. The number of fused-ring (bicyclic) bond motifs is 7. The van der Waals surface area contributed by atoms with Crippen LogP contribution in [0.3, 0.4) is 0 Å². The summed E-state index contributed by atoms with van der Waals surface area (Å²) in [5.74, 6) is 3.39. The second-order valence-electron chi connectivity index (χ2n) is 24.0. The zero-order valence-corrected chi connectivity index (χ0v) is 41.2. The van der Waals surface area contributed by atoms with E-state index in [0.717, 1.165) is 19.3 Å². The first kappa shape index (κ1) is 46.4. The molecule has 0 spiro atoms. The Morgan fingerprint density at radius 3 is 2.38 bits per heavy atom. The van der Waals surface area contributed by atoms with Gasteiger partial charge in [-0.15, -0.1) is 0 Å². The van der Waals surface area contributed by atoms with Gasteiger partial charge in [0.2, 0.25) is 5.88 Å². The molecule has 0 radical (unpaired) electrons. The van der Waals surface area contributed by atoms with Gasteiger partial charge in [0.1, 0.15) is 24.0 Å². The van der Waals surface area contributed by atoms with Crippen LogP contribution in [0.1, 0.15) is 152 Å². The highest BCUT2D eigenvalue weighted by atomic mass is 28.4. The van der Waals surface area contributed by atoms with Gasteiger partial charge in [-0.25, -0.2) is 4.98 Å². The number of ketones is 1. The van der Waals surface area contributed by atoms with Gasteiger partial charge in [-0.05, 0) is 184 Å². The van der Waals surface area contributed by atoms with Crippen molar-refractivity contribution in [3.63, 3.8) is 0 Å². The predicted molar refractivity (Wildman–Crippen MR) is 249 cm³/mol. The van der Waals surface area contributed by atoms with Crippen molar-refractivity contribution in [2.75, 3.05) is 19.8 Å². The molecule has 4 fully saturated rings. The summed E-state index contributed by atoms with van der Waals surface area (Å²) in [4.78, 5) is 17.6. The summed E-state index contributed by atoms with van der Waals surface area (Å²) in [7, 11) is -1.94. The SMILES string of the molecule is C=C(C)[C@@H]1CC[C@]2(NC[C@@H](O)CO[Si](C)(C)C(C)(C)C)CC[C@]3(C)[C@H](CC[C@@H]4[C@@]5(C)CC=C(C6=CC[C@](COc7ncccc7C#N)(C(C)=O)CC6)C(C)(C)[C@@H]5CC[C@]43C)[C@@H]12. The molecule has 7 rings (SSSR count). The molecule has 0 aromatic carbocycles. The van der Waals surface area contributed by atoms with Gasteiger partial charge in [0, 0.05) is 18.3 Å². The Labute approximate surface area is 371 Å². The van der Waals surface area contributed by atoms with E-state index in [9.17, 15) is 15.2 Å². The third-order valence-corrected chi connectivity index (χ3v) is 24.4. The van der Waals surface area contributed by atoms with Gasteiger partial charge >= 0.3 is 0 Å². The van der Waals surface area contributed by atoms with Crippen LogP contribution in [0.25, 0.3) is 0 Å². The number of allylic oxidation sites excluding steroid dienone is 5. The number of aliphatic hydroxyl groups is 1. The van der Waals surface area contributed by atoms with Crippen LogP contribution in [-0.2, 0) is 9.22 Å². The number of hydrogen-bond donors (Lipinski definition) is 2. The number of pyridine rings is 1. The summed E-state index contributed by atoms with van der Waals surface area (Å²) in [6.07, 6.45) is 19.3. The van der Waals surface area contributed by atoms with Gasteiger partial charge in [-0.3, -0.25) is 4.79 Å². The molecule has 0 saturated heterocycles. The quantitative estimate of drug-likeness (QED) is 0.159. The Balaban J connectivity index is 1.10. The first-order valence-electron chi connectivity index (χ1n) is 24.0. The average molecular weight is 852 g/mol. The fraction of sp³-hybridized carbons (Fsp3) is 0.755. The van der Waals surface area contributed by atoms with E-state index in [2.05, 4.69) is 111 Å². The highest BCUT2D eigenvalue weighted by Gasteiger charge is 2.70. The van der Waals surface area contributed by atoms with Crippen LogP contribution >= 0.6 is 0 Å². The monoisotopic (exact) mass is 852 g/mol. The van der Waals surface area contributed by atoms with E-state index in [4.69, 9.17) is 9.16 Å². The highest BCUT2D eigenvalue weighted by Crippen LogP contribution is 2.76. The summed E-state index contributed by atoms with van der Waals surface area (Å²) < 4.78 is 12.6. The standard InChI is InChI=1S/C53H81N3O4Si/c1-35(2)40-20-27-53(56-32-39(58)33-60-61(12,13)47(4,5)6)29-28-50(10)42(45(40)53)16-17-44-49(9)23-21-41(48(7,8)43(49)22-24-51(44,50)11)37-18-25-52(26-19-37,36(3)57)34-59-46-38(31-54)15-14-30-55-46/h14-15,18,21,30,39-40,42-45,56,58H,1,16-17,19-20,22-29,32-34H2,2-13H3/t39-,40+,42-,43+,44-,45-,49+,50-,51-,52+,53+/m1/s1. The Morgan fingerprint density at radius 2 is 1.74 bits per heavy atom. The minimum atomic E-state index is -1.94. The molecule has 2 N–H and O–H groups in total. The largest absolute Gasteiger partial charge is 0.476 e. The molecule has 1 aromatic heterocycles. The van der Waals surface area contributed by atoms with E-state index in [1.54, 1.807) is 25.3 Å². The van der Waals surface area contributed by atoms with Gasteiger partial charge in [0.05, 0.1) is 18.1 Å². The molecular formula is C53H81N3O4Si. The van der Waals surface area contributed by atoms with Gasteiger partial charge in [-0.2, -0.15) is 5.26 Å². The van der Waals surface area contributed by atoms with Crippen LogP contribution in [-0.4, -0.2) is 55.6 Å². The molecule has 6 aliphatic carbocycles. The number of hydrogen-bond acceptors (Lipinski definition) is 7. The molecule has 1 aromatic rings. The lowest BCUT2D eigenvalue weighted by atomic mass is 9.33. The zero-order chi connectivity index (χ0) is 44.6. The molecule has 0 unspecified atom stereocenters.